The SMILES string of the molecule is O=C1C(=Cc2ccc(O)cc2)SC(=S)N1[C@H]1CCS(=O)(=O)C1. The number of amides is 1. The molecule has 2 fully saturated rings. The average Bonchev–Trinajstić information content (AvgIpc) is 2.93. The van der Waals surface area contributed by atoms with Gasteiger partial charge in [-0.05, 0) is 30.2 Å². The van der Waals surface area contributed by atoms with Gasteiger partial charge in [-0.3, -0.25) is 9.69 Å². The van der Waals surface area contributed by atoms with Gasteiger partial charge in [0.05, 0.1) is 22.5 Å². The van der Waals surface area contributed by atoms with Gasteiger partial charge in [-0.15, -0.1) is 0 Å². The van der Waals surface area contributed by atoms with Crippen molar-refractivity contribution in [2.45, 2.75) is 12.5 Å². The first kappa shape index (κ1) is 15.5. The van der Waals surface area contributed by atoms with E-state index in [4.69, 9.17) is 12.2 Å². The van der Waals surface area contributed by atoms with Crippen LogP contribution in [0.4, 0.5) is 0 Å². The Morgan fingerprint density at radius 3 is 2.59 bits per heavy atom. The predicted molar refractivity (Wildman–Crippen MR) is 90.2 cm³/mol. The van der Waals surface area contributed by atoms with Gasteiger partial charge in [0, 0.05) is 0 Å². The van der Waals surface area contributed by atoms with Gasteiger partial charge in [-0.2, -0.15) is 0 Å². The zero-order chi connectivity index (χ0) is 15.9. The third-order valence-corrected chi connectivity index (χ3v) is 6.67. The first-order chi connectivity index (χ1) is 10.4. The number of thioether (sulfide) groups is 1. The molecule has 0 aliphatic carbocycles. The van der Waals surface area contributed by atoms with Gasteiger partial charge in [0.1, 0.15) is 10.1 Å². The Morgan fingerprint density at radius 2 is 2.00 bits per heavy atom. The summed E-state index contributed by atoms with van der Waals surface area (Å²) in [6.45, 7) is 0. The monoisotopic (exact) mass is 355 g/mol. The highest BCUT2D eigenvalue weighted by atomic mass is 32.2. The molecule has 0 radical (unpaired) electrons. The lowest BCUT2D eigenvalue weighted by molar-refractivity contribution is -0.123. The second kappa shape index (κ2) is 5.68. The van der Waals surface area contributed by atoms with Gasteiger partial charge in [0.25, 0.3) is 5.91 Å². The number of sulfone groups is 1. The standard InChI is InChI=1S/C14H13NO4S3/c16-11-3-1-9(2-4-11)7-12-13(17)15(14(20)21-12)10-5-6-22(18,19)8-10/h1-4,7,10,16H,5-6,8H2/t10-/m0/s1. The molecule has 3 rings (SSSR count). The average molecular weight is 355 g/mol. The van der Waals surface area contributed by atoms with Crippen molar-refractivity contribution in [3.8, 4) is 5.75 Å². The van der Waals surface area contributed by atoms with Crippen molar-refractivity contribution >= 4 is 50.1 Å². The summed E-state index contributed by atoms with van der Waals surface area (Å²) in [5.41, 5.74) is 0.775. The Balaban J connectivity index is 1.84. The first-order valence-corrected chi connectivity index (χ1v) is 9.67. The van der Waals surface area contributed by atoms with Crippen LogP contribution in [-0.2, 0) is 14.6 Å². The first-order valence-electron chi connectivity index (χ1n) is 6.62. The van der Waals surface area contributed by atoms with E-state index in [9.17, 15) is 18.3 Å². The van der Waals surface area contributed by atoms with Crippen molar-refractivity contribution in [3.05, 3.63) is 34.7 Å². The summed E-state index contributed by atoms with van der Waals surface area (Å²) in [5, 5.41) is 9.27. The second-order valence-corrected chi connectivity index (χ2v) is 9.10. The van der Waals surface area contributed by atoms with Crippen LogP contribution in [-0.4, -0.2) is 46.2 Å². The minimum absolute atomic E-state index is 0.0219. The minimum atomic E-state index is -3.07. The topological polar surface area (TPSA) is 74.7 Å². The number of phenols is 1. The maximum absolute atomic E-state index is 12.5. The van der Waals surface area contributed by atoms with Crippen LogP contribution in [0.15, 0.2) is 29.2 Å². The number of rotatable bonds is 2. The molecule has 22 heavy (non-hydrogen) atoms. The van der Waals surface area contributed by atoms with E-state index in [1.54, 1.807) is 18.2 Å². The molecule has 0 unspecified atom stereocenters. The molecule has 0 saturated carbocycles. The van der Waals surface area contributed by atoms with Crippen LogP contribution in [0.1, 0.15) is 12.0 Å². The molecular weight excluding hydrogens is 342 g/mol. The highest BCUT2D eigenvalue weighted by molar-refractivity contribution is 8.26. The molecule has 1 aromatic rings. The number of hydrogen-bond donors (Lipinski definition) is 1. The number of aromatic hydroxyl groups is 1. The van der Waals surface area contributed by atoms with Gasteiger partial charge in [-0.1, -0.05) is 36.1 Å². The number of phenolic OH excluding ortho intramolecular Hbond substituents is 1. The fourth-order valence-corrected chi connectivity index (χ4v) is 5.60. The predicted octanol–water partition coefficient (Wildman–Crippen LogP) is 1.78. The Labute approximate surface area is 137 Å². The van der Waals surface area contributed by atoms with Crippen LogP contribution >= 0.6 is 24.0 Å². The van der Waals surface area contributed by atoms with Gasteiger partial charge < -0.3 is 5.11 Å². The van der Waals surface area contributed by atoms with Crippen LogP contribution in [0.25, 0.3) is 6.08 Å². The lowest BCUT2D eigenvalue weighted by atomic mass is 10.2. The number of thiocarbonyl (C=S) groups is 1. The van der Waals surface area contributed by atoms with Crippen LogP contribution in [0.3, 0.4) is 0 Å². The zero-order valence-corrected chi connectivity index (χ0v) is 13.9. The van der Waals surface area contributed by atoms with E-state index in [0.717, 1.165) is 5.56 Å². The van der Waals surface area contributed by atoms with Crippen molar-refractivity contribution in [3.63, 3.8) is 0 Å². The Bertz CT molecular complexity index is 768. The van der Waals surface area contributed by atoms with Gasteiger partial charge >= 0.3 is 0 Å². The normalized spacial score (nSPS) is 26.1. The van der Waals surface area contributed by atoms with Crippen LogP contribution in [0.5, 0.6) is 5.75 Å². The summed E-state index contributed by atoms with van der Waals surface area (Å²) in [6.07, 6.45) is 2.13. The molecule has 2 aliphatic heterocycles. The summed E-state index contributed by atoms with van der Waals surface area (Å²) >= 11 is 6.42. The van der Waals surface area contributed by atoms with Gasteiger partial charge in [0.15, 0.2) is 9.84 Å². The van der Waals surface area contributed by atoms with Gasteiger partial charge in [0.2, 0.25) is 0 Å². The number of hydrogen-bond acceptors (Lipinski definition) is 6. The molecule has 0 aromatic heterocycles. The number of nitrogens with zero attached hydrogens (tertiary/aromatic N) is 1. The molecule has 2 aliphatic rings. The van der Waals surface area contributed by atoms with Crippen LogP contribution in [0, 0.1) is 0 Å². The highest BCUT2D eigenvalue weighted by Crippen LogP contribution is 2.36. The summed E-state index contributed by atoms with van der Waals surface area (Å²) in [7, 11) is -3.07. The van der Waals surface area contributed by atoms with Crippen molar-refractivity contribution in [2.24, 2.45) is 0 Å². The fourth-order valence-electron chi connectivity index (χ4n) is 2.50. The molecule has 0 bridgehead atoms. The van der Waals surface area contributed by atoms with E-state index in [1.165, 1.54) is 28.8 Å². The largest absolute Gasteiger partial charge is 0.508 e. The van der Waals surface area contributed by atoms with E-state index in [-0.39, 0.29) is 29.2 Å². The molecule has 5 nitrogen and oxygen atoms in total. The van der Waals surface area contributed by atoms with E-state index in [1.807, 2.05) is 0 Å². The fraction of sp³-hybridized carbons (Fsp3) is 0.286. The Morgan fingerprint density at radius 1 is 1.32 bits per heavy atom. The van der Waals surface area contributed by atoms with Crippen LogP contribution in [0.2, 0.25) is 0 Å². The summed E-state index contributed by atoms with van der Waals surface area (Å²) in [6, 6.07) is 6.11. The summed E-state index contributed by atoms with van der Waals surface area (Å²) in [4.78, 5) is 14.4. The molecule has 2 heterocycles. The van der Waals surface area contributed by atoms with E-state index >= 15 is 0 Å². The number of carbonyl (C=O) groups is 1. The zero-order valence-electron chi connectivity index (χ0n) is 11.4. The molecular formula is C14H13NO4S3. The quantitative estimate of drug-likeness (QED) is 0.644. The van der Waals surface area contributed by atoms with E-state index < -0.39 is 9.84 Å². The van der Waals surface area contributed by atoms with Crippen molar-refractivity contribution in [1.82, 2.24) is 4.90 Å². The molecule has 0 spiro atoms. The van der Waals surface area contributed by atoms with E-state index in [2.05, 4.69) is 0 Å². The summed E-state index contributed by atoms with van der Waals surface area (Å²) in [5.74, 6) is -0.0106. The van der Waals surface area contributed by atoms with Crippen molar-refractivity contribution < 1.29 is 18.3 Å². The molecule has 1 atom stereocenters. The second-order valence-electron chi connectivity index (χ2n) is 5.20. The molecule has 8 heteroatoms. The van der Waals surface area contributed by atoms with Crippen molar-refractivity contribution in [2.75, 3.05) is 11.5 Å². The lowest BCUT2D eigenvalue weighted by Crippen LogP contribution is -2.39. The number of benzene rings is 1. The minimum Gasteiger partial charge on any atom is -0.508 e. The van der Waals surface area contributed by atoms with Crippen molar-refractivity contribution in [1.29, 1.82) is 0 Å². The highest BCUT2D eigenvalue weighted by Gasteiger charge is 2.41. The maximum atomic E-state index is 12.5. The molecule has 116 valence electrons. The molecule has 1 N–H and O–H groups in total. The Hall–Kier alpha value is -1.38. The third-order valence-electron chi connectivity index (χ3n) is 3.59. The van der Waals surface area contributed by atoms with E-state index in [0.29, 0.717) is 15.6 Å². The smallest absolute Gasteiger partial charge is 0.266 e. The summed E-state index contributed by atoms with van der Waals surface area (Å²) < 4.78 is 23.6. The molecule has 1 amide bonds. The third kappa shape index (κ3) is 3.04. The Kier molecular flexibility index (Phi) is 4.00. The molecule has 2 saturated heterocycles. The maximum Gasteiger partial charge on any atom is 0.266 e. The lowest BCUT2D eigenvalue weighted by Gasteiger charge is -2.20. The van der Waals surface area contributed by atoms with Crippen LogP contribution < -0.4 is 0 Å². The molecule has 1 aromatic carbocycles. The number of carbonyl (C=O) groups excluding carboxylic acids is 1. The van der Waals surface area contributed by atoms with Gasteiger partial charge in [-0.25, -0.2) is 8.42 Å².